The number of carbonyl (C=O) groups is 2. The summed E-state index contributed by atoms with van der Waals surface area (Å²) < 4.78 is 24.5. The fourth-order valence-electron chi connectivity index (χ4n) is 2.59. The van der Waals surface area contributed by atoms with Crippen LogP contribution < -0.4 is 10.6 Å². The average molecular weight is 409 g/mol. The molecule has 0 saturated carbocycles. The molecule has 2 amide bonds. The Kier molecular flexibility index (Phi) is 6.36. The largest absolute Gasteiger partial charge is 0.351 e. The molecule has 2 N–H and O–H groups in total. The molecule has 0 spiro atoms. The molecule has 0 aliphatic carbocycles. The topological polar surface area (TPSA) is 105 Å². The van der Waals surface area contributed by atoms with Crippen LogP contribution in [-0.4, -0.2) is 37.5 Å². The Hall–Kier alpha value is -3.52. The van der Waals surface area contributed by atoms with Crippen LogP contribution in [0, 0.1) is 0 Å². The van der Waals surface area contributed by atoms with Crippen molar-refractivity contribution in [3.63, 3.8) is 0 Å². The molecule has 0 fully saturated rings. The molecule has 0 aliphatic rings. The lowest BCUT2D eigenvalue weighted by atomic mass is 10.1. The first-order chi connectivity index (χ1) is 14.0. The zero-order valence-electron chi connectivity index (χ0n) is 15.4. The molecule has 3 aromatic rings. The number of hydrogen-bond donors (Lipinski definition) is 2. The first-order valence-electron chi connectivity index (χ1n) is 8.83. The quantitative estimate of drug-likeness (QED) is 0.624. The predicted octanol–water partition coefficient (Wildman–Crippen LogP) is 2.54. The minimum atomic E-state index is -3.47. The van der Waals surface area contributed by atoms with Crippen molar-refractivity contribution in [1.29, 1.82) is 0 Å². The molecule has 3 rings (SSSR count). The van der Waals surface area contributed by atoms with E-state index in [0.717, 1.165) is 0 Å². The van der Waals surface area contributed by atoms with Crippen molar-refractivity contribution in [2.45, 2.75) is 4.90 Å². The van der Waals surface area contributed by atoms with Crippen LogP contribution in [0.5, 0.6) is 0 Å². The van der Waals surface area contributed by atoms with Gasteiger partial charge in [0.05, 0.1) is 16.2 Å². The summed E-state index contributed by atoms with van der Waals surface area (Å²) in [6.45, 7) is -0.0255. The number of rotatable bonds is 7. The van der Waals surface area contributed by atoms with Gasteiger partial charge in [-0.1, -0.05) is 24.3 Å². The molecular formula is C21H19N3O4S. The smallest absolute Gasteiger partial charge is 0.257 e. The Labute approximate surface area is 168 Å². The summed E-state index contributed by atoms with van der Waals surface area (Å²) in [6, 6.07) is 17.8. The molecule has 0 unspecified atom stereocenters. The lowest BCUT2D eigenvalue weighted by Gasteiger charge is -2.09. The third-order valence-corrected chi connectivity index (χ3v) is 5.80. The Balaban J connectivity index is 1.59. The van der Waals surface area contributed by atoms with Gasteiger partial charge in [0.25, 0.3) is 11.8 Å². The minimum Gasteiger partial charge on any atom is -0.351 e. The predicted molar refractivity (Wildman–Crippen MR) is 109 cm³/mol. The van der Waals surface area contributed by atoms with Crippen molar-refractivity contribution in [3.05, 3.63) is 90.3 Å². The summed E-state index contributed by atoms with van der Waals surface area (Å²) in [5.74, 6) is -0.976. The number of carbonyl (C=O) groups excluding carboxylic acids is 2. The third-order valence-electron chi connectivity index (χ3n) is 4.07. The number of benzene rings is 2. The van der Waals surface area contributed by atoms with Gasteiger partial charge in [-0.3, -0.25) is 14.6 Å². The molecule has 0 atom stereocenters. The Morgan fingerprint density at radius 3 is 2.34 bits per heavy atom. The van der Waals surface area contributed by atoms with Gasteiger partial charge in [0.2, 0.25) is 0 Å². The fourth-order valence-corrected chi connectivity index (χ4v) is 3.76. The van der Waals surface area contributed by atoms with Crippen molar-refractivity contribution < 1.29 is 18.0 Å². The van der Waals surface area contributed by atoms with Gasteiger partial charge in [0.15, 0.2) is 9.84 Å². The lowest BCUT2D eigenvalue weighted by molar-refractivity contribution is 0.0954. The van der Waals surface area contributed by atoms with E-state index in [1.54, 1.807) is 54.7 Å². The molecule has 1 heterocycles. The highest BCUT2D eigenvalue weighted by molar-refractivity contribution is 7.91. The van der Waals surface area contributed by atoms with Crippen LogP contribution in [0.15, 0.2) is 84.0 Å². The van der Waals surface area contributed by atoms with E-state index in [2.05, 4.69) is 15.6 Å². The van der Waals surface area contributed by atoms with E-state index >= 15 is 0 Å². The van der Waals surface area contributed by atoms with Crippen LogP contribution in [0.4, 0.5) is 5.69 Å². The fraction of sp³-hybridized carbons (Fsp3) is 0.0952. The van der Waals surface area contributed by atoms with E-state index in [9.17, 15) is 18.0 Å². The van der Waals surface area contributed by atoms with Crippen molar-refractivity contribution in [2.24, 2.45) is 0 Å². The highest BCUT2D eigenvalue weighted by atomic mass is 32.2. The highest BCUT2D eigenvalue weighted by Gasteiger charge is 2.15. The van der Waals surface area contributed by atoms with Gasteiger partial charge < -0.3 is 10.6 Å². The second-order valence-corrected chi connectivity index (χ2v) is 8.27. The molecule has 0 aliphatic heterocycles. The number of amides is 2. The zero-order valence-corrected chi connectivity index (χ0v) is 16.2. The van der Waals surface area contributed by atoms with Gasteiger partial charge in [-0.25, -0.2) is 8.42 Å². The Morgan fingerprint density at radius 2 is 1.62 bits per heavy atom. The maximum atomic E-state index is 12.3. The Morgan fingerprint density at radius 1 is 0.862 bits per heavy atom. The number of anilines is 1. The lowest BCUT2D eigenvalue weighted by Crippen LogP contribution is -2.29. The minimum absolute atomic E-state index is 0.0255. The van der Waals surface area contributed by atoms with E-state index in [-0.39, 0.29) is 23.1 Å². The molecule has 0 radical (unpaired) electrons. The number of pyridine rings is 1. The zero-order chi connectivity index (χ0) is 20.7. The average Bonchev–Trinajstić information content (AvgIpc) is 2.75. The number of nitrogens with zero attached hydrogens (tertiary/aromatic N) is 1. The SMILES string of the molecule is O=C(NCCS(=O)(=O)c1ccccc1)c1cccc(NC(=O)c2cccnc2)c1. The van der Waals surface area contributed by atoms with Gasteiger partial charge >= 0.3 is 0 Å². The van der Waals surface area contributed by atoms with E-state index in [4.69, 9.17) is 0 Å². The molecule has 0 bridgehead atoms. The maximum absolute atomic E-state index is 12.3. The number of nitrogens with one attached hydrogen (secondary N) is 2. The first-order valence-corrected chi connectivity index (χ1v) is 10.5. The number of sulfone groups is 1. The van der Waals surface area contributed by atoms with Crippen LogP contribution in [0.3, 0.4) is 0 Å². The van der Waals surface area contributed by atoms with Crippen LogP contribution in [0.1, 0.15) is 20.7 Å². The molecule has 148 valence electrons. The summed E-state index contributed by atoms with van der Waals surface area (Å²) in [5.41, 5.74) is 1.16. The monoisotopic (exact) mass is 409 g/mol. The third kappa shape index (κ3) is 5.49. The van der Waals surface area contributed by atoms with Crippen LogP contribution in [0.2, 0.25) is 0 Å². The van der Waals surface area contributed by atoms with Crippen LogP contribution in [0.25, 0.3) is 0 Å². The Bertz CT molecular complexity index is 1100. The second-order valence-electron chi connectivity index (χ2n) is 6.16. The molecule has 1 aromatic heterocycles. The molecule has 0 saturated heterocycles. The number of aromatic nitrogens is 1. The number of hydrogen-bond acceptors (Lipinski definition) is 5. The van der Waals surface area contributed by atoms with E-state index < -0.39 is 15.7 Å². The molecule has 29 heavy (non-hydrogen) atoms. The van der Waals surface area contributed by atoms with Crippen molar-refractivity contribution in [2.75, 3.05) is 17.6 Å². The summed E-state index contributed by atoms with van der Waals surface area (Å²) in [6.07, 6.45) is 3.01. The van der Waals surface area contributed by atoms with Gasteiger partial charge in [-0.2, -0.15) is 0 Å². The molecule has 7 nitrogen and oxygen atoms in total. The van der Waals surface area contributed by atoms with E-state index in [1.807, 2.05) is 0 Å². The van der Waals surface area contributed by atoms with Gasteiger partial charge in [-0.15, -0.1) is 0 Å². The normalized spacial score (nSPS) is 10.9. The van der Waals surface area contributed by atoms with Gasteiger partial charge in [-0.05, 0) is 42.5 Å². The molecule has 8 heteroatoms. The highest BCUT2D eigenvalue weighted by Crippen LogP contribution is 2.13. The van der Waals surface area contributed by atoms with Crippen molar-refractivity contribution >= 4 is 27.3 Å². The summed E-state index contributed by atoms with van der Waals surface area (Å²) in [7, 11) is -3.47. The second kappa shape index (κ2) is 9.11. The van der Waals surface area contributed by atoms with E-state index in [0.29, 0.717) is 16.8 Å². The van der Waals surface area contributed by atoms with Crippen LogP contribution in [-0.2, 0) is 9.84 Å². The van der Waals surface area contributed by atoms with Crippen LogP contribution >= 0.6 is 0 Å². The molecular weight excluding hydrogens is 390 g/mol. The molecule has 2 aromatic carbocycles. The summed E-state index contributed by atoms with van der Waals surface area (Å²) in [5, 5.41) is 5.30. The van der Waals surface area contributed by atoms with Gasteiger partial charge in [0, 0.05) is 30.2 Å². The first kappa shape index (κ1) is 20.2. The van der Waals surface area contributed by atoms with Crippen molar-refractivity contribution in [1.82, 2.24) is 10.3 Å². The van der Waals surface area contributed by atoms with E-state index in [1.165, 1.54) is 24.4 Å². The maximum Gasteiger partial charge on any atom is 0.257 e. The summed E-state index contributed by atoms with van der Waals surface area (Å²) in [4.78, 5) is 28.7. The van der Waals surface area contributed by atoms with Crippen molar-refractivity contribution in [3.8, 4) is 0 Å². The van der Waals surface area contributed by atoms with Gasteiger partial charge in [0.1, 0.15) is 0 Å². The summed E-state index contributed by atoms with van der Waals surface area (Å²) >= 11 is 0. The standard InChI is InChI=1S/C21H19N3O4S/c25-20(23-12-13-29(27,28)19-9-2-1-3-10-19)16-6-4-8-18(14-16)24-21(26)17-7-5-11-22-15-17/h1-11,14-15H,12-13H2,(H,23,25)(H,24,26).